The zero-order valence-corrected chi connectivity index (χ0v) is 13.9. The van der Waals surface area contributed by atoms with Crippen LogP contribution in [-0.4, -0.2) is 31.3 Å². The zero-order chi connectivity index (χ0) is 14.5. The van der Waals surface area contributed by atoms with Crippen LogP contribution in [0, 0.1) is 0 Å². The SMILES string of the molecule is CC(C)OCCN(C)c1nc2ccccc2cc1CBr. The molecule has 0 radical (unpaired) electrons. The van der Waals surface area contributed by atoms with Gasteiger partial charge >= 0.3 is 0 Å². The van der Waals surface area contributed by atoms with Gasteiger partial charge in [-0.2, -0.15) is 0 Å². The molecule has 20 heavy (non-hydrogen) atoms. The molecule has 0 N–H and O–H groups in total. The molecule has 2 aromatic rings. The molecule has 2 rings (SSSR count). The third-order valence-corrected chi connectivity index (χ3v) is 3.77. The average Bonchev–Trinajstić information content (AvgIpc) is 2.45. The standard InChI is InChI=1S/C16H21BrN2O/c1-12(2)20-9-8-19(3)16-14(11-17)10-13-6-4-5-7-15(13)18-16/h4-7,10,12H,8-9,11H2,1-3H3. The third-order valence-electron chi connectivity index (χ3n) is 3.16. The number of pyridine rings is 1. The van der Waals surface area contributed by atoms with E-state index in [9.17, 15) is 0 Å². The van der Waals surface area contributed by atoms with Crippen molar-refractivity contribution in [2.24, 2.45) is 0 Å². The highest BCUT2D eigenvalue weighted by atomic mass is 79.9. The van der Waals surface area contributed by atoms with Crippen molar-refractivity contribution in [2.45, 2.75) is 25.3 Å². The van der Waals surface area contributed by atoms with Crippen molar-refractivity contribution in [3.05, 3.63) is 35.9 Å². The molecule has 0 fully saturated rings. The average molecular weight is 337 g/mol. The molecular weight excluding hydrogens is 316 g/mol. The van der Waals surface area contributed by atoms with Gasteiger partial charge < -0.3 is 9.64 Å². The molecule has 0 atom stereocenters. The number of likely N-dealkylation sites (N-methyl/N-ethyl adjacent to an activating group) is 1. The Morgan fingerprint density at radius 2 is 2.05 bits per heavy atom. The van der Waals surface area contributed by atoms with Crippen LogP contribution in [0.1, 0.15) is 19.4 Å². The molecule has 0 saturated carbocycles. The maximum absolute atomic E-state index is 5.61. The van der Waals surface area contributed by atoms with Crippen molar-refractivity contribution in [1.29, 1.82) is 0 Å². The number of hydrogen-bond acceptors (Lipinski definition) is 3. The summed E-state index contributed by atoms with van der Waals surface area (Å²) >= 11 is 3.56. The van der Waals surface area contributed by atoms with Crippen molar-refractivity contribution in [1.82, 2.24) is 4.98 Å². The predicted octanol–water partition coefficient (Wildman–Crippen LogP) is 3.99. The number of anilines is 1. The van der Waals surface area contributed by atoms with E-state index in [1.165, 1.54) is 10.9 Å². The molecule has 4 heteroatoms. The summed E-state index contributed by atoms with van der Waals surface area (Å²) in [5.41, 5.74) is 2.24. The lowest BCUT2D eigenvalue weighted by Crippen LogP contribution is -2.25. The maximum Gasteiger partial charge on any atom is 0.133 e. The van der Waals surface area contributed by atoms with E-state index in [1.807, 2.05) is 12.1 Å². The molecule has 1 aromatic heterocycles. The van der Waals surface area contributed by atoms with E-state index in [-0.39, 0.29) is 6.10 Å². The quantitative estimate of drug-likeness (QED) is 0.745. The van der Waals surface area contributed by atoms with E-state index in [1.54, 1.807) is 0 Å². The van der Waals surface area contributed by atoms with E-state index in [2.05, 4.69) is 59.9 Å². The smallest absolute Gasteiger partial charge is 0.133 e. The second-order valence-electron chi connectivity index (χ2n) is 5.14. The highest BCUT2D eigenvalue weighted by molar-refractivity contribution is 9.08. The minimum absolute atomic E-state index is 0.267. The highest BCUT2D eigenvalue weighted by Gasteiger charge is 2.10. The monoisotopic (exact) mass is 336 g/mol. The van der Waals surface area contributed by atoms with Gasteiger partial charge in [-0.3, -0.25) is 0 Å². The summed E-state index contributed by atoms with van der Waals surface area (Å²) < 4.78 is 5.61. The molecule has 0 spiro atoms. The van der Waals surface area contributed by atoms with Gasteiger partial charge in [0.05, 0.1) is 18.2 Å². The van der Waals surface area contributed by atoms with Crippen molar-refractivity contribution in [3.63, 3.8) is 0 Å². The van der Waals surface area contributed by atoms with Gasteiger partial charge in [0.1, 0.15) is 5.82 Å². The van der Waals surface area contributed by atoms with Crippen molar-refractivity contribution in [2.75, 3.05) is 25.1 Å². The van der Waals surface area contributed by atoms with Crippen LogP contribution in [0.25, 0.3) is 10.9 Å². The highest BCUT2D eigenvalue weighted by Crippen LogP contribution is 2.24. The van der Waals surface area contributed by atoms with Gasteiger partial charge in [0.2, 0.25) is 0 Å². The van der Waals surface area contributed by atoms with Gasteiger partial charge in [-0.25, -0.2) is 4.98 Å². The predicted molar refractivity (Wildman–Crippen MR) is 88.7 cm³/mol. The lowest BCUT2D eigenvalue weighted by molar-refractivity contribution is 0.0845. The van der Waals surface area contributed by atoms with Crippen molar-refractivity contribution in [3.8, 4) is 0 Å². The molecule has 108 valence electrons. The fraction of sp³-hybridized carbons (Fsp3) is 0.438. The second kappa shape index (κ2) is 7.04. The van der Waals surface area contributed by atoms with Crippen molar-refractivity contribution < 1.29 is 4.74 Å². The summed E-state index contributed by atoms with van der Waals surface area (Å²) in [6.45, 7) is 5.66. The number of benzene rings is 1. The molecule has 0 bridgehead atoms. The Bertz CT molecular complexity index is 571. The number of fused-ring (bicyclic) bond motifs is 1. The van der Waals surface area contributed by atoms with Gasteiger partial charge in [0.25, 0.3) is 0 Å². The Morgan fingerprint density at radius 1 is 1.30 bits per heavy atom. The van der Waals surface area contributed by atoms with Crippen LogP contribution in [0.4, 0.5) is 5.82 Å². The maximum atomic E-state index is 5.61. The largest absolute Gasteiger partial charge is 0.377 e. The number of para-hydroxylation sites is 1. The normalized spacial score (nSPS) is 11.2. The van der Waals surface area contributed by atoms with E-state index >= 15 is 0 Å². The molecule has 0 saturated heterocycles. The summed E-state index contributed by atoms with van der Waals surface area (Å²) in [4.78, 5) is 6.94. The first kappa shape index (κ1) is 15.3. The number of alkyl halides is 1. The van der Waals surface area contributed by atoms with Crippen LogP contribution in [0.5, 0.6) is 0 Å². The first-order chi connectivity index (χ1) is 9.61. The van der Waals surface area contributed by atoms with Crippen molar-refractivity contribution >= 4 is 32.7 Å². The fourth-order valence-corrected chi connectivity index (χ4v) is 2.52. The van der Waals surface area contributed by atoms with Crippen LogP contribution in [0.2, 0.25) is 0 Å². The Balaban J connectivity index is 2.22. The van der Waals surface area contributed by atoms with Crippen LogP contribution in [-0.2, 0) is 10.1 Å². The Morgan fingerprint density at radius 3 is 2.75 bits per heavy atom. The third kappa shape index (κ3) is 3.70. The summed E-state index contributed by atoms with van der Waals surface area (Å²) in [5.74, 6) is 1.02. The molecule has 0 aliphatic heterocycles. The number of halogens is 1. The van der Waals surface area contributed by atoms with Gasteiger partial charge in [0.15, 0.2) is 0 Å². The van der Waals surface area contributed by atoms with Crippen LogP contribution in [0.3, 0.4) is 0 Å². The molecule has 0 amide bonds. The molecular formula is C16H21BrN2O. The van der Waals surface area contributed by atoms with Gasteiger partial charge in [-0.15, -0.1) is 0 Å². The lowest BCUT2D eigenvalue weighted by atomic mass is 10.1. The van der Waals surface area contributed by atoms with E-state index in [4.69, 9.17) is 9.72 Å². The van der Waals surface area contributed by atoms with E-state index in [0.717, 1.165) is 23.2 Å². The van der Waals surface area contributed by atoms with Gasteiger partial charge in [-0.1, -0.05) is 34.1 Å². The van der Waals surface area contributed by atoms with Crippen LogP contribution >= 0.6 is 15.9 Å². The zero-order valence-electron chi connectivity index (χ0n) is 12.3. The number of aromatic nitrogens is 1. The minimum atomic E-state index is 0.267. The molecule has 0 aliphatic carbocycles. The first-order valence-electron chi connectivity index (χ1n) is 6.89. The Kier molecular flexibility index (Phi) is 5.38. The van der Waals surface area contributed by atoms with Crippen LogP contribution in [0.15, 0.2) is 30.3 Å². The number of hydrogen-bond donors (Lipinski definition) is 0. The lowest BCUT2D eigenvalue weighted by Gasteiger charge is -2.22. The summed E-state index contributed by atoms with van der Waals surface area (Å²) in [5, 5.41) is 1.98. The molecule has 0 aliphatic rings. The van der Waals surface area contributed by atoms with Gasteiger partial charge in [0, 0.05) is 29.9 Å². The fourth-order valence-electron chi connectivity index (χ4n) is 2.11. The number of nitrogens with zero attached hydrogens (tertiary/aromatic N) is 2. The molecule has 3 nitrogen and oxygen atoms in total. The first-order valence-corrected chi connectivity index (χ1v) is 8.01. The summed E-state index contributed by atoms with van der Waals surface area (Å²) in [6, 6.07) is 10.4. The topological polar surface area (TPSA) is 25.4 Å². The molecule has 1 aromatic carbocycles. The summed E-state index contributed by atoms with van der Waals surface area (Å²) in [7, 11) is 2.06. The Hall–Kier alpha value is -1.13. The minimum Gasteiger partial charge on any atom is -0.377 e. The number of rotatable bonds is 6. The molecule has 0 unspecified atom stereocenters. The Labute approximate surface area is 129 Å². The second-order valence-corrected chi connectivity index (χ2v) is 5.70. The number of ether oxygens (including phenoxy) is 1. The molecule has 1 heterocycles. The van der Waals surface area contributed by atoms with Gasteiger partial charge in [-0.05, 0) is 26.0 Å². The van der Waals surface area contributed by atoms with E-state index < -0.39 is 0 Å². The summed E-state index contributed by atoms with van der Waals surface area (Å²) in [6.07, 6.45) is 0.267. The van der Waals surface area contributed by atoms with Crippen LogP contribution < -0.4 is 4.90 Å². The van der Waals surface area contributed by atoms with E-state index in [0.29, 0.717) is 6.61 Å².